The summed E-state index contributed by atoms with van der Waals surface area (Å²) in [7, 11) is 0. The molecule has 1 unspecified atom stereocenters. The zero-order valence-corrected chi connectivity index (χ0v) is 18.5. The number of hydrogen-bond donors (Lipinski definition) is 4. The molecule has 6 heteroatoms. The zero-order chi connectivity index (χ0) is 22.8. The van der Waals surface area contributed by atoms with Crippen molar-refractivity contribution in [2.75, 3.05) is 0 Å². The van der Waals surface area contributed by atoms with Crippen molar-refractivity contribution < 1.29 is 24.9 Å². The lowest BCUT2D eigenvalue weighted by Gasteiger charge is -2.23. The Morgan fingerprint density at radius 2 is 1.57 bits per heavy atom. The zero-order valence-electron chi connectivity index (χ0n) is 18.5. The Morgan fingerprint density at radius 1 is 1.03 bits per heavy atom. The smallest absolute Gasteiger partial charge is 0.249 e. The van der Waals surface area contributed by atoms with Crippen LogP contribution in [0.1, 0.15) is 47.5 Å². The van der Waals surface area contributed by atoms with Gasteiger partial charge in [0.05, 0.1) is 18.2 Å². The molecule has 0 heterocycles. The summed E-state index contributed by atoms with van der Waals surface area (Å²) in [6.07, 6.45) is 10.2. The summed E-state index contributed by atoms with van der Waals surface area (Å²) in [5.74, 6) is -1.30. The molecule has 4 N–H and O–H groups in total. The van der Waals surface area contributed by atoms with Crippen LogP contribution in [0.2, 0.25) is 0 Å². The van der Waals surface area contributed by atoms with Crippen molar-refractivity contribution >= 4 is 11.7 Å². The van der Waals surface area contributed by atoms with Crippen LogP contribution >= 0.6 is 0 Å². The Morgan fingerprint density at radius 3 is 2.13 bits per heavy atom. The van der Waals surface area contributed by atoms with Gasteiger partial charge in [-0.05, 0) is 46.1 Å². The van der Waals surface area contributed by atoms with Gasteiger partial charge in [-0.25, -0.2) is 0 Å². The molecule has 0 spiro atoms. The first kappa shape index (κ1) is 25.8. The number of nitrogens with one attached hydrogen (secondary N) is 1. The van der Waals surface area contributed by atoms with Crippen LogP contribution in [0.25, 0.3) is 0 Å². The third-order valence-electron chi connectivity index (χ3n) is 4.98. The molecule has 5 atom stereocenters. The average molecular weight is 418 g/mol. The molecular weight excluding hydrogens is 382 g/mol. The lowest BCUT2D eigenvalue weighted by molar-refractivity contribution is -0.129. The highest BCUT2D eigenvalue weighted by molar-refractivity contribution is 5.97. The van der Waals surface area contributed by atoms with Crippen molar-refractivity contribution in [3.63, 3.8) is 0 Å². The van der Waals surface area contributed by atoms with Crippen LogP contribution in [0, 0.1) is 5.92 Å². The van der Waals surface area contributed by atoms with Crippen molar-refractivity contribution in [3.05, 3.63) is 59.3 Å². The molecule has 0 saturated carbocycles. The predicted molar refractivity (Wildman–Crippen MR) is 119 cm³/mol. The molecule has 1 amide bonds. The monoisotopic (exact) mass is 417 g/mol. The maximum atomic E-state index is 12.9. The first-order chi connectivity index (χ1) is 14.0. The summed E-state index contributed by atoms with van der Waals surface area (Å²) < 4.78 is 0. The number of aliphatic hydroxyl groups is 3. The molecule has 1 aliphatic carbocycles. The Kier molecular flexibility index (Phi) is 10.7. The lowest BCUT2D eigenvalue weighted by atomic mass is 9.90. The predicted octanol–water partition coefficient (Wildman–Crippen LogP) is 2.52. The van der Waals surface area contributed by atoms with Crippen molar-refractivity contribution in [1.29, 1.82) is 0 Å². The van der Waals surface area contributed by atoms with E-state index >= 15 is 0 Å². The van der Waals surface area contributed by atoms with E-state index in [4.69, 9.17) is 0 Å². The van der Waals surface area contributed by atoms with Crippen LogP contribution in [-0.2, 0) is 9.59 Å². The third kappa shape index (κ3) is 9.03. The van der Waals surface area contributed by atoms with Gasteiger partial charge in [0.1, 0.15) is 6.10 Å². The van der Waals surface area contributed by atoms with Crippen molar-refractivity contribution in [2.24, 2.45) is 5.92 Å². The van der Waals surface area contributed by atoms with Gasteiger partial charge in [0, 0.05) is 5.92 Å². The lowest BCUT2D eigenvalue weighted by Crippen LogP contribution is -2.45. The number of amides is 1. The van der Waals surface area contributed by atoms with Crippen LogP contribution in [-0.4, -0.2) is 51.4 Å². The van der Waals surface area contributed by atoms with Gasteiger partial charge in [-0.3, -0.25) is 9.59 Å². The fourth-order valence-electron chi connectivity index (χ4n) is 2.91. The SMILES string of the molecule is CC1=C\C[C@H](O)/C=C/C(C)=C/[C@@H](NC(=O)C(C)O)[C@@H](C)C(=O)/C(C)=C/C[C@H](O)\C=C\1. The topological polar surface area (TPSA) is 107 Å². The molecule has 30 heavy (non-hydrogen) atoms. The standard InChI is InChI=1S/C24H35NO5/c1-15-6-10-20(27)12-8-16(2)14-22(25-24(30)19(5)26)18(4)23(29)17(3)9-13-21(28)11-7-15/h6-9,11-12,14,18-22,26-28H,10,13H2,1-5H3,(H,25,30)/b11-7+,12-8+,15-6+,16-14+,17-9+/t18-,19?,20+,21-,22-/m1/s1. The molecule has 166 valence electrons. The second kappa shape index (κ2) is 12.4. The van der Waals surface area contributed by atoms with Crippen LogP contribution < -0.4 is 5.32 Å². The van der Waals surface area contributed by atoms with Gasteiger partial charge < -0.3 is 20.6 Å². The molecule has 1 rings (SSSR count). The fourth-order valence-corrected chi connectivity index (χ4v) is 2.91. The summed E-state index contributed by atoms with van der Waals surface area (Å²) >= 11 is 0. The second-order valence-corrected chi connectivity index (χ2v) is 7.93. The van der Waals surface area contributed by atoms with Crippen molar-refractivity contribution in [2.45, 2.75) is 71.8 Å². The summed E-state index contributed by atoms with van der Waals surface area (Å²) in [4.78, 5) is 24.9. The molecule has 0 fully saturated rings. The van der Waals surface area contributed by atoms with Crippen LogP contribution in [0.3, 0.4) is 0 Å². The van der Waals surface area contributed by atoms with Gasteiger partial charge in [-0.15, -0.1) is 0 Å². The van der Waals surface area contributed by atoms with Gasteiger partial charge in [0.25, 0.3) is 0 Å². The Labute approximate surface area is 179 Å². The highest BCUT2D eigenvalue weighted by atomic mass is 16.3. The highest BCUT2D eigenvalue weighted by Crippen LogP contribution is 2.16. The van der Waals surface area contributed by atoms with Crippen molar-refractivity contribution in [1.82, 2.24) is 5.32 Å². The van der Waals surface area contributed by atoms with Gasteiger partial charge in [-0.1, -0.05) is 60.6 Å². The van der Waals surface area contributed by atoms with E-state index in [9.17, 15) is 24.9 Å². The molecule has 6 nitrogen and oxygen atoms in total. The number of allylic oxidation sites excluding steroid dienone is 5. The number of hydrogen-bond acceptors (Lipinski definition) is 5. The quantitative estimate of drug-likeness (QED) is 0.552. The van der Waals surface area contributed by atoms with E-state index in [1.165, 1.54) is 6.92 Å². The highest BCUT2D eigenvalue weighted by Gasteiger charge is 2.26. The normalized spacial score (nSPS) is 35.5. The Balaban J connectivity index is 3.30. The molecule has 0 aromatic carbocycles. The average Bonchev–Trinajstić information content (AvgIpc) is 2.70. The minimum atomic E-state index is -1.20. The second-order valence-electron chi connectivity index (χ2n) is 7.93. The number of carbonyl (C=O) groups is 2. The summed E-state index contributed by atoms with van der Waals surface area (Å²) in [5.41, 5.74) is 2.19. The number of Topliss-reactive ketones (excluding diaryl/α,β-unsaturated/α-hetero) is 1. The Bertz CT molecular complexity index is 758. The molecule has 1 aliphatic rings. The molecule has 0 aromatic rings. The van der Waals surface area contributed by atoms with E-state index < -0.39 is 36.2 Å². The van der Waals surface area contributed by atoms with E-state index in [0.29, 0.717) is 12.0 Å². The van der Waals surface area contributed by atoms with Gasteiger partial charge in [0.2, 0.25) is 5.91 Å². The summed E-state index contributed by atoms with van der Waals surface area (Å²) in [5, 5.41) is 32.6. The first-order valence-corrected chi connectivity index (χ1v) is 10.3. The van der Waals surface area contributed by atoms with Crippen LogP contribution in [0.15, 0.2) is 59.3 Å². The maximum absolute atomic E-state index is 12.9. The fraction of sp³-hybridized carbons (Fsp3) is 0.500. The number of aliphatic hydroxyl groups excluding tert-OH is 3. The first-order valence-electron chi connectivity index (χ1n) is 10.3. The van der Waals surface area contributed by atoms with E-state index in [0.717, 1.165) is 11.1 Å². The molecular formula is C24H35NO5. The van der Waals surface area contributed by atoms with Gasteiger partial charge >= 0.3 is 0 Å². The van der Waals surface area contributed by atoms with E-state index in [-0.39, 0.29) is 12.2 Å². The minimum Gasteiger partial charge on any atom is -0.389 e. The van der Waals surface area contributed by atoms with Crippen LogP contribution in [0.5, 0.6) is 0 Å². The van der Waals surface area contributed by atoms with Crippen molar-refractivity contribution in [3.8, 4) is 0 Å². The minimum absolute atomic E-state index is 0.157. The number of ketones is 1. The van der Waals surface area contributed by atoms with E-state index in [1.807, 2.05) is 19.9 Å². The molecule has 0 aromatic heterocycles. The largest absolute Gasteiger partial charge is 0.389 e. The van der Waals surface area contributed by atoms with Gasteiger partial charge in [-0.2, -0.15) is 0 Å². The summed E-state index contributed by atoms with van der Waals surface area (Å²) in [6.45, 7) is 8.48. The molecule has 0 saturated heterocycles. The maximum Gasteiger partial charge on any atom is 0.249 e. The molecule has 0 aliphatic heterocycles. The van der Waals surface area contributed by atoms with Gasteiger partial charge in [0.15, 0.2) is 5.78 Å². The number of rotatable bonds is 2. The molecule has 0 radical (unpaired) electrons. The van der Waals surface area contributed by atoms with Crippen LogP contribution in [0.4, 0.5) is 0 Å². The van der Waals surface area contributed by atoms with E-state index in [1.54, 1.807) is 50.3 Å². The number of carbonyl (C=O) groups excluding carboxylic acids is 2. The van der Waals surface area contributed by atoms with E-state index in [2.05, 4.69) is 5.32 Å². The Hall–Kier alpha value is -2.28. The third-order valence-corrected chi connectivity index (χ3v) is 4.98. The summed E-state index contributed by atoms with van der Waals surface area (Å²) in [6, 6.07) is -0.632. The molecule has 0 bridgehead atoms.